The fraction of sp³-hybridized carbons (Fsp3) is 0.692. The number of nitrogens with one attached hydrogen (secondary N) is 1. The fourth-order valence-electron chi connectivity index (χ4n) is 2.97. The van der Waals surface area contributed by atoms with Crippen LogP contribution >= 0.6 is 0 Å². The van der Waals surface area contributed by atoms with Gasteiger partial charge < -0.3 is 16.0 Å². The van der Waals surface area contributed by atoms with E-state index in [-0.39, 0.29) is 0 Å². The first-order chi connectivity index (χ1) is 8.63. The average Bonchev–Trinajstić information content (AvgIpc) is 2.87. The number of aromatic nitrogens is 2. The van der Waals surface area contributed by atoms with Crippen LogP contribution < -0.4 is 16.0 Å². The molecule has 5 heteroatoms. The van der Waals surface area contributed by atoms with Gasteiger partial charge in [-0.05, 0) is 24.8 Å². The van der Waals surface area contributed by atoms with Crippen molar-refractivity contribution in [2.75, 3.05) is 30.3 Å². The van der Waals surface area contributed by atoms with E-state index in [1.165, 1.54) is 6.42 Å². The molecule has 0 radical (unpaired) electrons. The normalized spacial score (nSPS) is 26.9. The van der Waals surface area contributed by atoms with E-state index in [4.69, 9.17) is 5.73 Å². The standard InChI is InChI=1S/C13H21N5/c1-8(2)10-5-12(17-13(14)16-10)18-6-9-3-4-15-11(9)7-18/h5,8-9,11,15H,3-4,6-7H2,1-2H3,(H2,14,16,17). The molecule has 2 unspecified atom stereocenters. The lowest BCUT2D eigenvalue weighted by Crippen LogP contribution is -2.30. The van der Waals surface area contributed by atoms with Gasteiger partial charge in [-0.15, -0.1) is 0 Å². The third-order valence-electron chi connectivity index (χ3n) is 4.03. The quantitative estimate of drug-likeness (QED) is 0.815. The van der Waals surface area contributed by atoms with Crippen molar-refractivity contribution in [3.8, 4) is 0 Å². The van der Waals surface area contributed by atoms with Gasteiger partial charge in [-0.1, -0.05) is 13.8 Å². The van der Waals surface area contributed by atoms with Crippen molar-refractivity contribution in [2.24, 2.45) is 5.92 Å². The van der Waals surface area contributed by atoms with Crippen LogP contribution in [0.1, 0.15) is 31.9 Å². The summed E-state index contributed by atoms with van der Waals surface area (Å²) in [5.74, 6) is 2.53. The van der Waals surface area contributed by atoms with Gasteiger partial charge in [-0.25, -0.2) is 4.98 Å². The van der Waals surface area contributed by atoms with Gasteiger partial charge in [0, 0.05) is 25.2 Å². The average molecular weight is 247 g/mol. The molecule has 5 nitrogen and oxygen atoms in total. The molecule has 2 aliphatic rings. The SMILES string of the molecule is CC(C)c1cc(N2CC3CCNC3C2)nc(N)n1. The maximum absolute atomic E-state index is 5.82. The summed E-state index contributed by atoms with van der Waals surface area (Å²) in [4.78, 5) is 11.0. The van der Waals surface area contributed by atoms with E-state index in [1.54, 1.807) is 0 Å². The summed E-state index contributed by atoms with van der Waals surface area (Å²) in [6.07, 6.45) is 1.28. The van der Waals surface area contributed by atoms with E-state index in [0.29, 0.717) is 17.9 Å². The van der Waals surface area contributed by atoms with Crippen LogP contribution in [0.15, 0.2) is 6.07 Å². The first kappa shape index (κ1) is 11.7. The van der Waals surface area contributed by atoms with E-state index >= 15 is 0 Å². The van der Waals surface area contributed by atoms with Crippen LogP contribution in [0.3, 0.4) is 0 Å². The minimum absolute atomic E-state index is 0.384. The van der Waals surface area contributed by atoms with Crippen molar-refractivity contribution in [3.05, 3.63) is 11.8 Å². The van der Waals surface area contributed by atoms with Gasteiger partial charge >= 0.3 is 0 Å². The lowest BCUT2D eigenvalue weighted by atomic mass is 10.1. The summed E-state index contributed by atoms with van der Waals surface area (Å²) in [5, 5.41) is 3.55. The summed E-state index contributed by atoms with van der Waals surface area (Å²) in [7, 11) is 0. The Morgan fingerprint density at radius 1 is 1.39 bits per heavy atom. The zero-order chi connectivity index (χ0) is 12.7. The monoisotopic (exact) mass is 247 g/mol. The third kappa shape index (κ3) is 2.03. The van der Waals surface area contributed by atoms with E-state index in [9.17, 15) is 0 Å². The van der Waals surface area contributed by atoms with Gasteiger partial charge in [-0.3, -0.25) is 0 Å². The fourth-order valence-corrected chi connectivity index (χ4v) is 2.97. The molecule has 0 amide bonds. The van der Waals surface area contributed by atoms with Crippen molar-refractivity contribution in [2.45, 2.75) is 32.2 Å². The minimum Gasteiger partial charge on any atom is -0.368 e. The molecule has 0 bridgehead atoms. The molecule has 3 heterocycles. The second kappa shape index (κ2) is 4.39. The number of fused-ring (bicyclic) bond motifs is 1. The lowest BCUT2D eigenvalue weighted by Gasteiger charge is -2.19. The Hall–Kier alpha value is -1.36. The Labute approximate surface area is 108 Å². The van der Waals surface area contributed by atoms with Crippen LogP contribution in [0.4, 0.5) is 11.8 Å². The van der Waals surface area contributed by atoms with Gasteiger partial charge in [-0.2, -0.15) is 4.98 Å². The van der Waals surface area contributed by atoms with Crippen LogP contribution in [0.25, 0.3) is 0 Å². The molecular weight excluding hydrogens is 226 g/mol. The predicted molar refractivity (Wildman–Crippen MR) is 72.6 cm³/mol. The van der Waals surface area contributed by atoms with Crippen molar-refractivity contribution in [1.29, 1.82) is 0 Å². The summed E-state index contributed by atoms with van der Waals surface area (Å²) in [6.45, 7) is 7.55. The van der Waals surface area contributed by atoms with Gasteiger partial charge in [0.05, 0.1) is 5.69 Å². The summed E-state index contributed by atoms with van der Waals surface area (Å²) >= 11 is 0. The molecule has 2 aliphatic heterocycles. The van der Waals surface area contributed by atoms with Crippen LogP contribution in [0.2, 0.25) is 0 Å². The van der Waals surface area contributed by atoms with Crippen molar-refractivity contribution in [1.82, 2.24) is 15.3 Å². The van der Waals surface area contributed by atoms with Crippen LogP contribution in [-0.4, -0.2) is 35.6 Å². The van der Waals surface area contributed by atoms with Crippen molar-refractivity contribution < 1.29 is 0 Å². The summed E-state index contributed by atoms with van der Waals surface area (Å²) in [5.41, 5.74) is 6.85. The van der Waals surface area contributed by atoms with Gasteiger partial charge in [0.15, 0.2) is 0 Å². The predicted octanol–water partition coefficient (Wildman–Crippen LogP) is 0.980. The number of nitrogens with zero attached hydrogens (tertiary/aromatic N) is 3. The Bertz CT molecular complexity index is 433. The maximum Gasteiger partial charge on any atom is 0.222 e. The lowest BCUT2D eigenvalue weighted by molar-refractivity contribution is 0.556. The molecule has 1 aromatic rings. The zero-order valence-corrected chi connectivity index (χ0v) is 11.1. The maximum atomic E-state index is 5.82. The highest BCUT2D eigenvalue weighted by molar-refractivity contribution is 5.46. The molecule has 0 aliphatic carbocycles. The highest BCUT2D eigenvalue weighted by atomic mass is 15.3. The van der Waals surface area contributed by atoms with E-state index in [0.717, 1.165) is 37.1 Å². The first-order valence-corrected chi connectivity index (χ1v) is 6.76. The molecule has 1 aromatic heterocycles. The first-order valence-electron chi connectivity index (χ1n) is 6.76. The second-order valence-corrected chi connectivity index (χ2v) is 5.68. The van der Waals surface area contributed by atoms with Gasteiger partial charge in [0.25, 0.3) is 0 Å². The summed E-state index contributed by atoms with van der Waals surface area (Å²) < 4.78 is 0. The molecular formula is C13H21N5. The Balaban J connectivity index is 1.84. The largest absolute Gasteiger partial charge is 0.368 e. The molecule has 0 saturated carbocycles. The molecule has 0 spiro atoms. The van der Waals surface area contributed by atoms with Crippen molar-refractivity contribution in [3.63, 3.8) is 0 Å². The number of nitrogens with two attached hydrogens (primary N) is 1. The minimum atomic E-state index is 0.384. The van der Waals surface area contributed by atoms with E-state index < -0.39 is 0 Å². The Morgan fingerprint density at radius 3 is 2.94 bits per heavy atom. The zero-order valence-electron chi connectivity index (χ0n) is 11.1. The topological polar surface area (TPSA) is 67.1 Å². The smallest absolute Gasteiger partial charge is 0.222 e. The summed E-state index contributed by atoms with van der Waals surface area (Å²) in [6, 6.07) is 2.71. The Kier molecular flexibility index (Phi) is 2.86. The highest BCUT2D eigenvalue weighted by Gasteiger charge is 2.36. The molecule has 3 N–H and O–H groups in total. The van der Waals surface area contributed by atoms with Gasteiger partial charge in [0.1, 0.15) is 5.82 Å². The van der Waals surface area contributed by atoms with Crippen LogP contribution in [0.5, 0.6) is 0 Å². The number of hydrogen-bond acceptors (Lipinski definition) is 5. The molecule has 2 atom stereocenters. The number of nitrogen functional groups attached to an aromatic ring is 1. The molecule has 2 fully saturated rings. The highest BCUT2D eigenvalue weighted by Crippen LogP contribution is 2.29. The number of rotatable bonds is 2. The second-order valence-electron chi connectivity index (χ2n) is 5.68. The molecule has 2 saturated heterocycles. The number of hydrogen-bond donors (Lipinski definition) is 2. The molecule has 98 valence electrons. The van der Waals surface area contributed by atoms with Crippen LogP contribution in [-0.2, 0) is 0 Å². The van der Waals surface area contributed by atoms with E-state index in [2.05, 4.69) is 40.1 Å². The Morgan fingerprint density at radius 2 is 2.22 bits per heavy atom. The molecule has 0 aromatic carbocycles. The molecule has 18 heavy (non-hydrogen) atoms. The third-order valence-corrected chi connectivity index (χ3v) is 4.03. The number of anilines is 2. The van der Waals surface area contributed by atoms with E-state index in [1.807, 2.05) is 0 Å². The van der Waals surface area contributed by atoms with Gasteiger partial charge in [0.2, 0.25) is 5.95 Å². The van der Waals surface area contributed by atoms with Crippen molar-refractivity contribution >= 4 is 11.8 Å². The van der Waals surface area contributed by atoms with Crippen LogP contribution in [0, 0.1) is 5.92 Å². The molecule has 3 rings (SSSR count).